The minimum Gasteiger partial charge on any atom is -0.269 e. The smallest absolute Gasteiger partial charge is 0.269 e. The Morgan fingerprint density at radius 3 is 2.25 bits per heavy atom. The molecule has 0 amide bonds. The van der Waals surface area contributed by atoms with Crippen LogP contribution < -0.4 is 0 Å². The van der Waals surface area contributed by atoms with E-state index in [1.807, 2.05) is 13.8 Å². The molecule has 72 valence electrons. The molecule has 0 saturated heterocycles. The summed E-state index contributed by atoms with van der Waals surface area (Å²) in [5.74, 6) is -0.283. The molecule has 0 fully saturated rings. The average Bonchev–Trinajstić information content (AvgIpc) is 1.97. The monoisotopic (exact) mass is 176 g/mol. The molecule has 0 heterocycles. The number of carbonyl (C=O) groups is 1. The van der Waals surface area contributed by atoms with Crippen molar-refractivity contribution in [1.29, 1.82) is 0 Å². The van der Waals surface area contributed by atoms with Crippen LogP contribution in [0, 0.1) is 11.8 Å². The quantitative estimate of drug-likeness (QED) is 0.363. The van der Waals surface area contributed by atoms with Gasteiger partial charge in [-0.15, -0.1) is 0 Å². The summed E-state index contributed by atoms with van der Waals surface area (Å²) in [6, 6.07) is 0. The molecule has 0 atom stereocenters. The second-order valence-corrected chi connectivity index (χ2v) is 3.30. The zero-order chi connectivity index (χ0) is 9.56. The molecule has 0 aliphatic rings. The van der Waals surface area contributed by atoms with E-state index < -0.39 is 5.97 Å². The summed E-state index contributed by atoms with van der Waals surface area (Å²) < 4.78 is 0. The summed E-state index contributed by atoms with van der Waals surface area (Å²) in [5, 5.41) is 4.22. The molecule has 0 bridgehead atoms. The van der Waals surface area contributed by atoms with Gasteiger partial charge in [0.05, 0.1) is 12.5 Å². The Morgan fingerprint density at radius 1 is 1.25 bits per heavy atom. The van der Waals surface area contributed by atoms with E-state index >= 15 is 0 Å². The van der Waals surface area contributed by atoms with Gasteiger partial charge in [-0.25, -0.2) is 4.79 Å². The second-order valence-electron chi connectivity index (χ2n) is 3.30. The van der Waals surface area contributed by atoms with Crippen molar-refractivity contribution in [2.24, 2.45) is 11.8 Å². The summed E-state index contributed by atoms with van der Waals surface area (Å²) >= 11 is 0. The van der Waals surface area contributed by atoms with E-state index in [4.69, 9.17) is 0 Å². The van der Waals surface area contributed by atoms with Crippen LogP contribution in [0.4, 0.5) is 0 Å². The van der Waals surface area contributed by atoms with Gasteiger partial charge in [0, 0.05) is 0 Å². The first-order chi connectivity index (χ1) is 5.54. The molecular weight excluding hydrogens is 160 g/mol. The van der Waals surface area contributed by atoms with Crippen molar-refractivity contribution >= 4 is 5.97 Å². The summed E-state index contributed by atoms with van der Waals surface area (Å²) in [4.78, 5) is 19.6. The van der Waals surface area contributed by atoms with Gasteiger partial charge in [-0.2, -0.15) is 4.89 Å². The van der Waals surface area contributed by atoms with Crippen LogP contribution in [0.5, 0.6) is 0 Å². The van der Waals surface area contributed by atoms with Crippen LogP contribution in [-0.2, 0) is 19.6 Å². The molecule has 0 rings (SSSR count). The van der Waals surface area contributed by atoms with Crippen molar-refractivity contribution in [3.05, 3.63) is 0 Å². The van der Waals surface area contributed by atoms with Gasteiger partial charge in [0.1, 0.15) is 0 Å². The van der Waals surface area contributed by atoms with E-state index in [2.05, 4.69) is 14.8 Å². The normalized spacial score (nSPS) is 10.8. The van der Waals surface area contributed by atoms with Gasteiger partial charge >= 0.3 is 5.97 Å². The lowest BCUT2D eigenvalue weighted by atomic mass is 10.2. The van der Waals surface area contributed by atoms with E-state index in [0.717, 1.165) is 0 Å². The third-order valence-corrected chi connectivity index (χ3v) is 1.04. The topological polar surface area (TPSA) is 44.8 Å². The second kappa shape index (κ2) is 5.97. The molecule has 0 spiro atoms. The fraction of sp³-hybridized carbons (Fsp3) is 0.875. The van der Waals surface area contributed by atoms with Gasteiger partial charge in [-0.3, -0.25) is 4.89 Å². The van der Waals surface area contributed by atoms with Gasteiger partial charge in [-0.1, -0.05) is 27.7 Å². The highest BCUT2D eigenvalue weighted by Crippen LogP contribution is 1.98. The fourth-order valence-electron chi connectivity index (χ4n) is 0.318. The van der Waals surface area contributed by atoms with Crippen molar-refractivity contribution < 1.29 is 19.6 Å². The Balaban J connectivity index is 3.26. The fourth-order valence-corrected chi connectivity index (χ4v) is 0.318. The van der Waals surface area contributed by atoms with Crippen LogP contribution in [-0.4, -0.2) is 12.6 Å². The molecule has 0 radical (unpaired) electrons. The highest BCUT2D eigenvalue weighted by atomic mass is 17.5. The standard InChI is InChI=1S/C8H16O4/c1-6(2)5-10-12-11-8(9)7(3)4/h6-7H,5H2,1-4H3. The minimum absolute atomic E-state index is 0.201. The van der Waals surface area contributed by atoms with Crippen LogP contribution in [0.3, 0.4) is 0 Å². The molecule has 12 heavy (non-hydrogen) atoms. The Bertz CT molecular complexity index is 131. The van der Waals surface area contributed by atoms with Gasteiger partial charge < -0.3 is 0 Å². The molecule has 0 aromatic rings. The summed E-state index contributed by atoms with van der Waals surface area (Å²) in [6.45, 7) is 7.77. The zero-order valence-electron chi connectivity index (χ0n) is 7.99. The van der Waals surface area contributed by atoms with Crippen molar-refractivity contribution in [3.8, 4) is 0 Å². The van der Waals surface area contributed by atoms with Gasteiger partial charge in [-0.05, 0) is 11.0 Å². The minimum atomic E-state index is -0.432. The Morgan fingerprint density at radius 2 is 1.83 bits per heavy atom. The predicted molar refractivity (Wildman–Crippen MR) is 42.8 cm³/mol. The van der Waals surface area contributed by atoms with Crippen LogP contribution in [0.15, 0.2) is 0 Å². The summed E-state index contributed by atoms with van der Waals surface area (Å²) in [7, 11) is 0. The summed E-state index contributed by atoms with van der Waals surface area (Å²) in [6.07, 6.45) is 0. The third-order valence-electron chi connectivity index (χ3n) is 1.04. The lowest BCUT2D eigenvalue weighted by molar-refractivity contribution is -0.489. The molecule has 0 aromatic heterocycles. The molecule has 0 N–H and O–H groups in total. The first kappa shape index (κ1) is 11.4. The van der Waals surface area contributed by atoms with E-state index in [1.165, 1.54) is 0 Å². The van der Waals surface area contributed by atoms with Crippen molar-refractivity contribution in [3.63, 3.8) is 0 Å². The van der Waals surface area contributed by atoms with Crippen LogP contribution >= 0.6 is 0 Å². The van der Waals surface area contributed by atoms with E-state index in [9.17, 15) is 4.79 Å². The molecular formula is C8H16O4. The number of rotatable bonds is 5. The molecule has 0 unspecified atom stereocenters. The molecule has 0 aliphatic carbocycles. The Labute approximate surface area is 72.7 Å². The van der Waals surface area contributed by atoms with E-state index in [0.29, 0.717) is 12.5 Å². The average molecular weight is 176 g/mol. The molecule has 4 heteroatoms. The third kappa shape index (κ3) is 6.12. The largest absolute Gasteiger partial charge is 0.348 e. The maximum Gasteiger partial charge on any atom is 0.348 e. The lowest BCUT2D eigenvalue weighted by Gasteiger charge is -2.05. The van der Waals surface area contributed by atoms with Gasteiger partial charge in [0.15, 0.2) is 0 Å². The van der Waals surface area contributed by atoms with Crippen molar-refractivity contribution in [1.82, 2.24) is 0 Å². The first-order valence-corrected chi connectivity index (χ1v) is 4.04. The SMILES string of the molecule is CC(C)COOOC(=O)C(C)C. The maximum absolute atomic E-state index is 10.8. The van der Waals surface area contributed by atoms with Gasteiger partial charge in [0.25, 0.3) is 0 Å². The lowest BCUT2D eigenvalue weighted by Crippen LogP contribution is -2.13. The molecule has 0 aliphatic heterocycles. The number of hydrogen-bond acceptors (Lipinski definition) is 4. The van der Waals surface area contributed by atoms with Crippen LogP contribution in [0.25, 0.3) is 0 Å². The van der Waals surface area contributed by atoms with Crippen molar-refractivity contribution in [2.75, 3.05) is 6.61 Å². The van der Waals surface area contributed by atoms with Gasteiger partial charge in [0.2, 0.25) is 0 Å². The van der Waals surface area contributed by atoms with Crippen LogP contribution in [0.1, 0.15) is 27.7 Å². The highest BCUT2D eigenvalue weighted by Gasteiger charge is 2.09. The molecule has 0 saturated carbocycles. The molecule has 4 nitrogen and oxygen atoms in total. The van der Waals surface area contributed by atoms with E-state index in [-0.39, 0.29) is 5.92 Å². The Kier molecular flexibility index (Phi) is 5.66. The Hall–Kier alpha value is -0.610. The maximum atomic E-state index is 10.8. The highest BCUT2D eigenvalue weighted by molar-refractivity contribution is 5.70. The molecule has 0 aromatic carbocycles. The summed E-state index contributed by atoms with van der Waals surface area (Å²) in [5.41, 5.74) is 0. The van der Waals surface area contributed by atoms with Crippen molar-refractivity contribution in [2.45, 2.75) is 27.7 Å². The number of carbonyl (C=O) groups excluding carboxylic acids is 1. The first-order valence-electron chi connectivity index (χ1n) is 4.04. The van der Waals surface area contributed by atoms with E-state index in [1.54, 1.807) is 13.8 Å². The predicted octanol–water partition coefficient (Wildman–Crippen LogP) is 1.70. The van der Waals surface area contributed by atoms with Crippen LogP contribution in [0.2, 0.25) is 0 Å². The number of hydrogen-bond donors (Lipinski definition) is 0. The zero-order valence-corrected chi connectivity index (χ0v) is 7.99.